The zero-order valence-electron chi connectivity index (χ0n) is 10.8. The molecule has 2 nitrogen and oxygen atoms in total. The van der Waals surface area contributed by atoms with Gasteiger partial charge in [-0.15, -0.1) is 0 Å². The second-order valence-corrected chi connectivity index (χ2v) is 6.18. The number of ether oxygens (including phenoxy) is 1. The van der Waals surface area contributed by atoms with E-state index in [0.717, 1.165) is 19.3 Å². The maximum Gasteiger partial charge on any atom is 0.0828 e. The van der Waals surface area contributed by atoms with E-state index < -0.39 is 0 Å². The predicted octanol–water partition coefficient (Wildman–Crippen LogP) is 3.10. The Morgan fingerprint density at radius 1 is 1.27 bits per heavy atom. The van der Waals surface area contributed by atoms with Crippen LogP contribution in [0.2, 0.25) is 0 Å². The van der Waals surface area contributed by atoms with Gasteiger partial charge in [-0.05, 0) is 31.1 Å². The Labute approximate surface area is 94.6 Å². The Morgan fingerprint density at radius 3 is 2.20 bits per heavy atom. The molecule has 0 heterocycles. The normalized spacial score (nSPS) is 23.0. The number of rotatable bonds is 4. The second-order valence-electron chi connectivity index (χ2n) is 6.18. The molecule has 0 aliphatic heterocycles. The number of nitrogens with two attached hydrogens (primary N) is 1. The summed E-state index contributed by atoms with van der Waals surface area (Å²) in [5.41, 5.74) is 6.68. The standard InChI is InChI=1S/C13H27NO/c1-12(2,3)10-7-11(14)13(15-4)8-5-6-9-13/h11H,5-10,14H2,1-4H3. The van der Waals surface area contributed by atoms with E-state index in [0.29, 0.717) is 5.41 Å². The van der Waals surface area contributed by atoms with Crippen LogP contribution in [0.4, 0.5) is 0 Å². The van der Waals surface area contributed by atoms with E-state index in [4.69, 9.17) is 10.5 Å². The molecular formula is C13H27NO. The van der Waals surface area contributed by atoms with Crippen molar-refractivity contribution < 1.29 is 4.74 Å². The molecule has 1 atom stereocenters. The van der Waals surface area contributed by atoms with Crippen LogP contribution in [-0.4, -0.2) is 18.8 Å². The minimum Gasteiger partial charge on any atom is -0.377 e. The van der Waals surface area contributed by atoms with E-state index in [1.165, 1.54) is 19.3 Å². The summed E-state index contributed by atoms with van der Waals surface area (Å²) in [6, 6.07) is 0.212. The smallest absolute Gasteiger partial charge is 0.0828 e. The van der Waals surface area contributed by atoms with Crippen LogP contribution in [0.5, 0.6) is 0 Å². The molecule has 0 radical (unpaired) electrons. The lowest BCUT2D eigenvalue weighted by molar-refractivity contribution is -0.0295. The summed E-state index contributed by atoms with van der Waals surface area (Å²) >= 11 is 0. The monoisotopic (exact) mass is 213 g/mol. The van der Waals surface area contributed by atoms with Crippen molar-refractivity contribution in [2.75, 3.05) is 7.11 Å². The summed E-state index contributed by atoms with van der Waals surface area (Å²) in [5.74, 6) is 0. The highest BCUT2D eigenvalue weighted by atomic mass is 16.5. The minimum absolute atomic E-state index is 0.00868. The zero-order valence-corrected chi connectivity index (χ0v) is 10.8. The van der Waals surface area contributed by atoms with E-state index in [1.807, 2.05) is 7.11 Å². The third kappa shape index (κ3) is 3.46. The Bertz CT molecular complexity index is 189. The van der Waals surface area contributed by atoms with Crippen LogP contribution in [0.25, 0.3) is 0 Å². The van der Waals surface area contributed by atoms with Gasteiger partial charge in [0.15, 0.2) is 0 Å². The van der Waals surface area contributed by atoms with Crippen molar-refractivity contribution in [3.8, 4) is 0 Å². The van der Waals surface area contributed by atoms with Crippen LogP contribution in [0, 0.1) is 5.41 Å². The number of hydrogen-bond donors (Lipinski definition) is 1. The molecule has 0 spiro atoms. The summed E-state index contributed by atoms with van der Waals surface area (Å²) < 4.78 is 5.70. The molecule has 1 aliphatic rings. The summed E-state index contributed by atoms with van der Waals surface area (Å²) in [6.07, 6.45) is 7.11. The second kappa shape index (κ2) is 4.84. The van der Waals surface area contributed by atoms with Gasteiger partial charge in [0.05, 0.1) is 5.60 Å². The maximum atomic E-state index is 6.31. The summed E-state index contributed by atoms with van der Waals surface area (Å²) in [5, 5.41) is 0. The SMILES string of the molecule is COC1(C(N)CCC(C)(C)C)CCCC1. The van der Waals surface area contributed by atoms with Crippen molar-refractivity contribution in [3.63, 3.8) is 0 Å². The number of hydrogen-bond acceptors (Lipinski definition) is 2. The lowest BCUT2D eigenvalue weighted by Crippen LogP contribution is -2.47. The summed E-state index contributed by atoms with van der Waals surface area (Å²) in [4.78, 5) is 0. The van der Waals surface area contributed by atoms with E-state index in [9.17, 15) is 0 Å². The fourth-order valence-electron chi connectivity index (χ4n) is 2.55. The highest BCUT2D eigenvalue weighted by molar-refractivity contribution is 4.95. The van der Waals surface area contributed by atoms with E-state index in [2.05, 4.69) is 20.8 Å². The van der Waals surface area contributed by atoms with Gasteiger partial charge in [-0.3, -0.25) is 0 Å². The molecule has 1 saturated carbocycles. The van der Waals surface area contributed by atoms with Crippen LogP contribution in [-0.2, 0) is 4.74 Å². The first kappa shape index (κ1) is 13.0. The van der Waals surface area contributed by atoms with Gasteiger partial charge in [-0.2, -0.15) is 0 Å². The summed E-state index contributed by atoms with van der Waals surface area (Å²) in [7, 11) is 1.82. The molecule has 1 fully saturated rings. The van der Waals surface area contributed by atoms with Crippen LogP contribution in [0.1, 0.15) is 59.3 Å². The maximum absolute atomic E-state index is 6.31. The fraction of sp³-hybridized carbons (Fsp3) is 1.00. The lowest BCUT2D eigenvalue weighted by atomic mass is 9.83. The molecule has 0 bridgehead atoms. The molecule has 0 amide bonds. The fourth-order valence-corrected chi connectivity index (χ4v) is 2.55. The molecule has 2 N–H and O–H groups in total. The van der Waals surface area contributed by atoms with Gasteiger partial charge in [0.2, 0.25) is 0 Å². The van der Waals surface area contributed by atoms with Gasteiger partial charge in [0, 0.05) is 13.2 Å². The Morgan fingerprint density at radius 2 is 1.80 bits per heavy atom. The summed E-state index contributed by atoms with van der Waals surface area (Å²) in [6.45, 7) is 6.82. The molecule has 1 rings (SSSR count). The minimum atomic E-state index is -0.00868. The van der Waals surface area contributed by atoms with Crippen molar-refractivity contribution in [1.29, 1.82) is 0 Å². The predicted molar refractivity (Wildman–Crippen MR) is 64.9 cm³/mol. The third-order valence-electron chi connectivity index (χ3n) is 3.74. The molecular weight excluding hydrogens is 186 g/mol. The molecule has 90 valence electrons. The Balaban J connectivity index is 2.47. The van der Waals surface area contributed by atoms with Crippen LogP contribution >= 0.6 is 0 Å². The molecule has 1 unspecified atom stereocenters. The first-order valence-corrected chi connectivity index (χ1v) is 6.20. The largest absolute Gasteiger partial charge is 0.377 e. The average molecular weight is 213 g/mol. The van der Waals surface area contributed by atoms with E-state index in [-0.39, 0.29) is 11.6 Å². The molecule has 0 aromatic heterocycles. The van der Waals surface area contributed by atoms with Gasteiger partial charge in [0.25, 0.3) is 0 Å². The van der Waals surface area contributed by atoms with Gasteiger partial charge >= 0.3 is 0 Å². The zero-order chi connectivity index (χ0) is 11.5. The topological polar surface area (TPSA) is 35.2 Å². The average Bonchev–Trinajstić information content (AvgIpc) is 2.62. The molecule has 0 aromatic rings. The molecule has 0 saturated heterocycles. The first-order chi connectivity index (χ1) is 6.90. The van der Waals surface area contributed by atoms with Gasteiger partial charge in [-0.25, -0.2) is 0 Å². The van der Waals surface area contributed by atoms with Crippen molar-refractivity contribution in [1.82, 2.24) is 0 Å². The van der Waals surface area contributed by atoms with Crippen LogP contribution in [0.3, 0.4) is 0 Å². The lowest BCUT2D eigenvalue weighted by Gasteiger charge is -2.35. The molecule has 15 heavy (non-hydrogen) atoms. The van der Waals surface area contributed by atoms with Gasteiger partial charge < -0.3 is 10.5 Å². The highest BCUT2D eigenvalue weighted by Crippen LogP contribution is 2.37. The van der Waals surface area contributed by atoms with Crippen molar-refractivity contribution in [2.45, 2.75) is 70.9 Å². The molecule has 1 aliphatic carbocycles. The first-order valence-electron chi connectivity index (χ1n) is 6.20. The van der Waals surface area contributed by atoms with Crippen molar-refractivity contribution in [3.05, 3.63) is 0 Å². The number of methoxy groups -OCH3 is 1. The molecule has 0 aromatic carbocycles. The van der Waals surface area contributed by atoms with Gasteiger partial charge in [-0.1, -0.05) is 33.6 Å². The van der Waals surface area contributed by atoms with Crippen molar-refractivity contribution in [2.24, 2.45) is 11.1 Å². The Kier molecular flexibility index (Phi) is 4.19. The van der Waals surface area contributed by atoms with E-state index >= 15 is 0 Å². The van der Waals surface area contributed by atoms with E-state index in [1.54, 1.807) is 0 Å². The molecule has 2 heteroatoms. The quantitative estimate of drug-likeness (QED) is 0.779. The van der Waals surface area contributed by atoms with Crippen LogP contribution in [0.15, 0.2) is 0 Å². The third-order valence-corrected chi connectivity index (χ3v) is 3.74. The Hall–Kier alpha value is -0.0800. The van der Waals surface area contributed by atoms with Crippen LogP contribution < -0.4 is 5.73 Å². The van der Waals surface area contributed by atoms with Crippen molar-refractivity contribution >= 4 is 0 Å². The van der Waals surface area contributed by atoms with Gasteiger partial charge in [0.1, 0.15) is 0 Å². The highest BCUT2D eigenvalue weighted by Gasteiger charge is 2.39.